The molecule has 0 unspecified atom stereocenters. The van der Waals surface area contributed by atoms with Gasteiger partial charge in [0.05, 0.1) is 12.7 Å². The monoisotopic (exact) mass is 474 g/mol. The fourth-order valence-corrected chi connectivity index (χ4v) is 3.69. The van der Waals surface area contributed by atoms with Crippen LogP contribution >= 0.6 is 0 Å². The van der Waals surface area contributed by atoms with Gasteiger partial charge in [-0.1, -0.05) is 0 Å². The van der Waals surface area contributed by atoms with Crippen LogP contribution in [0.5, 0.6) is 17.2 Å². The number of nitrogens with one attached hydrogen (secondary N) is 3. The van der Waals surface area contributed by atoms with E-state index in [1.807, 2.05) is 20.8 Å². The van der Waals surface area contributed by atoms with Gasteiger partial charge in [0.25, 0.3) is 5.91 Å². The van der Waals surface area contributed by atoms with Crippen molar-refractivity contribution in [3.8, 4) is 17.2 Å². The highest BCUT2D eigenvalue weighted by molar-refractivity contribution is 5.91. The zero-order valence-electron chi connectivity index (χ0n) is 19.6. The number of rotatable bonds is 8. The third-order valence-corrected chi connectivity index (χ3v) is 5.25. The first-order valence-corrected chi connectivity index (χ1v) is 10.9. The number of phenols is 1. The van der Waals surface area contributed by atoms with Gasteiger partial charge in [-0.2, -0.15) is 5.10 Å². The molecular formula is C23H30N4O7. The summed E-state index contributed by atoms with van der Waals surface area (Å²) in [6.45, 7) is 5.26. The summed E-state index contributed by atoms with van der Waals surface area (Å²) >= 11 is 0. The van der Waals surface area contributed by atoms with Crippen molar-refractivity contribution in [2.45, 2.75) is 57.6 Å². The summed E-state index contributed by atoms with van der Waals surface area (Å²) in [5.41, 5.74) is 0.390. The minimum atomic E-state index is -0.497. The number of hydrogen-bond donors (Lipinski definition) is 4. The smallest absolute Gasteiger partial charge is 0.407 e. The van der Waals surface area contributed by atoms with Crippen molar-refractivity contribution in [3.05, 3.63) is 29.5 Å². The summed E-state index contributed by atoms with van der Waals surface area (Å²) in [5.74, 6) is -0.0539. The van der Waals surface area contributed by atoms with Crippen LogP contribution < -0.4 is 20.1 Å². The highest BCUT2D eigenvalue weighted by atomic mass is 16.6. The molecule has 1 aliphatic rings. The fourth-order valence-electron chi connectivity index (χ4n) is 3.69. The Morgan fingerprint density at radius 2 is 2.03 bits per heavy atom. The maximum atomic E-state index is 12.3. The Morgan fingerprint density at radius 3 is 2.71 bits per heavy atom. The van der Waals surface area contributed by atoms with Crippen LogP contribution in [0, 0.1) is 0 Å². The Bertz CT molecular complexity index is 1040. The zero-order chi connectivity index (χ0) is 24.9. The van der Waals surface area contributed by atoms with Gasteiger partial charge >= 0.3 is 6.09 Å². The number of anilines is 1. The van der Waals surface area contributed by atoms with Crippen LogP contribution in [-0.2, 0) is 9.53 Å². The summed E-state index contributed by atoms with van der Waals surface area (Å²) in [6, 6.07) is 4.41. The van der Waals surface area contributed by atoms with E-state index in [0.29, 0.717) is 18.5 Å². The zero-order valence-corrected chi connectivity index (χ0v) is 19.6. The molecular weight excluding hydrogens is 444 g/mol. The van der Waals surface area contributed by atoms with Crippen molar-refractivity contribution in [1.82, 2.24) is 15.5 Å². The first-order valence-electron chi connectivity index (χ1n) is 10.9. The predicted molar refractivity (Wildman–Crippen MR) is 123 cm³/mol. The third kappa shape index (κ3) is 6.63. The molecule has 1 heterocycles. The van der Waals surface area contributed by atoms with E-state index in [0.717, 1.165) is 18.5 Å². The topological polar surface area (TPSA) is 152 Å². The highest BCUT2D eigenvalue weighted by Gasteiger charge is 2.30. The van der Waals surface area contributed by atoms with E-state index in [-0.39, 0.29) is 40.4 Å². The van der Waals surface area contributed by atoms with Crippen LogP contribution in [-0.4, -0.2) is 59.0 Å². The molecule has 1 saturated carbocycles. The lowest BCUT2D eigenvalue weighted by atomic mass is 10.0. The molecule has 34 heavy (non-hydrogen) atoms. The SMILES string of the molecule is COc1cc(O)c(C=O)c(OCC(=O)Nc2cc([C@H]3CC[C@@H](OC(=O)NC(C)(C)C)C3)[nH]n2)c1. The number of amides is 2. The minimum Gasteiger partial charge on any atom is -0.507 e. The van der Waals surface area contributed by atoms with Crippen LogP contribution in [0.4, 0.5) is 10.6 Å². The average molecular weight is 475 g/mol. The van der Waals surface area contributed by atoms with Gasteiger partial charge in [0.2, 0.25) is 0 Å². The average Bonchev–Trinajstić information content (AvgIpc) is 3.39. The number of ether oxygens (including phenoxy) is 3. The molecule has 11 heteroatoms. The molecule has 4 N–H and O–H groups in total. The van der Waals surface area contributed by atoms with Crippen LogP contribution in [0.3, 0.4) is 0 Å². The lowest BCUT2D eigenvalue weighted by Gasteiger charge is -2.22. The van der Waals surface area contributed by atoms with Crippen LogP contribution in [0.15, 0.2) is 18.2 Å². The number of phenolic OH excluding ortho intramolecular Hbond substituents is 1. The van der Waals surface area contributed by atoms with Crippen molar-refractivity contribution in [2.75, 3.05) is 19.0 Å². The van der Waals surface area contributed by atoms with Crippen molar-refractivity contribution in [1.29, 1.82) is 0 Å². The van der Waals surface area contributed by atoms with E-state index in [1.165, 1.54) is 19.2 Å². The van der Waals surface area contributed by atoms with Crippen molar-refractivity contribution >= 4 is 24.1 Å². The molecule has 0 saturated heterocycles. The molecule has 1 aliphatic carbocycles. The Balaban J connectivity index is 1.52. The number of methoxy groups -OCH3 is 1. The van der Waals surface area contributed by atoms with E-state index in [2.05, 4.69) is 20.8 Å². The van der Waals surface area contributed by atoms with Gasteiger partial charge in [-0.25, -0.2) is 4.79 Å². The van der Waals surface area contributed by atoms with Crippen molar-refractivity contribution in [3.63, 3.8) is 0 Å². The summed E-state index contributed by atoms with van der Waals surface area (Å²) < 4.78 is 15.9. The summed E-state index contributed by atoms with van der Waals surface area (Å²) in [7, 11) is 1.40. The normalized spacial score (nSPS) is 17.6. The minimum absolute atomic E-state index is 0.0252. The van der Waals surface area contributed by atoms with Gasteiger partial charge in [-0.15, -0.1) is 0 Å². The molecule has 1 aromatic carbocycles. The van der Waals surface area contributed by atoms with Crippen LogP contribution in [0.25, 0.3) is 0 Å². The molecule has 11 nitrogen and oxygen atoms in total. The predicted octanol–water partition coefficient (Wildman–Crippen LogP) is 3.11. The van der Waals surface area contributed by atoms with Gasteiger partial charge in [0, 0.05) is 35.3 Å². The van der Waals surface area contributed by atoms with Gasteiger partial charge in [0.15, 0.2) is 18.7 Å². The maximum absolute atomic E-state index is 12.3. The summed E-state index contributed by atoms with van der Waals surface area (Å²) in [4.78, 5) is 35.5. The molecule has 0 aliphatic heterocycles. The van der Waals surface area contributed by atoms with E-state index >= 15 is 0 Å². The number of aromatic nitrogens is 2. The molecule has 1 aromatic heterocycles. The van der Waals surface area contributed by atoms with Gasteiger partial charge in [-0.3, -0.25) is 14.7 Å². The number of benzene rings is 1. The number of carbonyl (C=O) groups is 3. The Kier molecular flexibility index (Phi) is 7.64. The number of aldehydes is 1. The molecule has 0 spiro atoms. The van der Waals surface area contributed by atoms with Crippen molar-refractivity contribution in [2.24, 2.45) is 0 Å². The second kappa shape index (κ2) is 10.4. The number of aromatic amines is 1. The molecule has 184 valence electrons. The summed E-state index contributed by atoms with van der Waals surface area (Å²) in [5, 5.41) is 22.3. The maximum Gasteiger partial charge on any atom is 0.407 e. The number of carbonyl (C=O) groups excluding carboxylic acids is 3. The van der Waals surface area contributed by atoms with Gasteiger partial charge in [-0.05, 0) is 40.0 Å². The number of alkyl carbamates (subject to hydrolysis) is 1. The van der Waals surface area contributed by atoms with E-state index in [9.17, 15) is 19.5 Å². The van der Waals surface area contributed by atoms with E-state index in [1.54, 1.807) is 6.07 Å². The Labute approximate surface area is 197 Å². The molecule has 1 fully saturated rings. The Hall–Kier alpha value is -3.76. The van der Waals surface area contributed by atoms with Crippen LogP contribution in [0.2, 0.25) is 0 Å². The third-order valence-electron chi connectivity index (χ3n) is 5.25. The largest absolute Gasteiger partial charge is 0.507 e. The Morgan fingerprint density at radius 1 is 1.26 bits per heavy atom. The van der Waals surface area contributed by atoms with Crippen LogP contribution in [0.1, 0.15) is 62.0 Å². The second-order valence-electron chi connectivity index (χ2n) is 9.13. The van der Waals surface area contributed by atoms with Gasteiger partial charge in [0.1, 0.15) is 23.4 Å². The van der Waals surface area contributed by atoms with Crippen molar-refractivity contribution < 1.29 is 33.7 Å². The fraction of sp³-hybridized carbons (Fsp3) is 0.478. The molecule has 2 atom stereocenters. The first-order chi connectivity index (χ1) is 16.1. The molecule has 2 amide bonds. The quantitative estimate of drug-likeness (QED) is 0.426. The lowest BCUT2D eigenvalue weighted by Crippen LogP contribution is -2.42. The van der Waals surface area contributed by atoms with E-state index < -0.39 is 18.6 Å². The molecule has 2 aromatic rings. The number of hydrogen-bond acceptors (Lipinski definition) is 8. The standard InChI is InChI=1S/C23H30N4O7/c1-23(2,3)25-22(31)34-14-6-5-13(7-14)17-10-20(27-26-17)24-21(30)12-33-19-9-15(32-4)8-18(29)16(19)11-28/h8-11,13-14,29H,5-7,12H2,1-4H3,(H,25,31)(H2,24,26,27,30)/t13-,14+/m0/s1. The molecule has 0 bridgehead atoms. The number of nitrogens with zero attached hydrogens (tertiary/aromatic N) is 1. The van der Waals surface area contributed by atoms with E-state index in [4.69, 9.17) is 14.2 Å². The summed E-state index contributed by atoms with van der Waals surface area (Å²) in [6.07, 6.45) is 2.03. The number of aromatic hydroxyl groups is 1. The molecule has 3 rings (SSSR count). The molecule has 0 radical (unpaired) electrons. The lowest BCUT2D eigenvalue weighted by molar-refractivity contribution is -0.118. The first kappa shape index (κ1) is 24.9. The highest BCUT2D eigenvalue weighted by Crippen LogP contribution is 2.36. The number of H-pyrrole nitrogens is 1. The second-order valence-corrected chi connectivity index (χ2v) is 9.13. The van der Waals surface area contributed by atoms with Gasteiger partial charge < -0.3 is 30.0 Å².